The molecule has 0 N–H and O–H groups in total. The van der Waals surface area contributed by atoms with Crippen molar-refractivity contribution in [3.05, 3.63) is 128 Å². The van der Waals surface area contributed by atoms with E-state index in [9.17, 15) is 0 Å². The van der Waals surface area contributed by atoms with E-state index in [0.717, 1.165) is 6.42 Å². The molecule has 0 radical (unpaired) electrons. The molecule has 0 aliphatic heterocycles. The van der Waals surface area contributed by atoms with Gasteiger partial charge in [-0.25, -0.2) is 0 Å². The largest absolute Gasteiger partial charge is 0.143 e. The number of thiophene rings is 2. The molecular weight excluding hydrogens is 436 g/mol. The predicted molar refractivity (Wildman–Crippen MR) is 140 cm³/mol. The summed E-state index contributed by atoms with van der Waals surface area (Å²) >= 11 is 3.80. The molecule has 2 aromatic heterocycles. The number of hydrogen-bond acceptors (Lipinski definition) is 2. The van der Waals surface area contributed by atoms with Crippen LogP contribution in [0.25, 0.3) is 20.9 Å². The first-order chi connectivity index (χ1) is 16.1. The zero-order chi connectivity index (χ0) is 21.9. The molecule has 0 saturated heterocycles. The van der Waals surface area contributed by atoms with Gasteiger partial charge in [-0.1, -0.05) is 68.4 Å². The molecule has 3 aliphatic carbocycles. The molecule has 0 bridgehead atoms. The average Bonchev–Trinajstić information content (AvgIpc) is 3.58. The van der Waals surface area contributed by atoms with Gasteiger partial charge in [0.05, 0.1) is 5.41 Å². The van der Waals surface area contributed by atoms with Gasteiger partial charge in [-0.2, -0.15) is 0 Å². The van der Waals surface area contributed by atoms with Gasteiger partial charge in [0.25, 0.3) is 0 Å². The van der Waals surface area contributed by atoms with Crippen molar-refractivity contribution >= 4 is 22.7 Å². The van der Waals surface area contributed by atoms with Gasteiger partial charge < -0.3 is 0 Å². The standard InChI is InChI=1S/C31H22S2/c1-30(2)23-10-6-4-8-20(23)21-17-26-19(16-27(21)30)15-18-7-3-5-9-22(18)31(26)24-11-13-32-28(24)29-25(31)12-14-33-29/h3-14,16-17H,15H2,1-2H3. The van der Waals surface area contributed by atoms with Gasteiger partial charge in [-0.05, 0) is 91.0 Å². The van der Waals surface area contributed by atoms with E-state index in [2.05, 4.69) is 97.4 Å². The van der Waals surface area contributed by atoms with E-state index in [-0.39, 0.29) is 10.8 Å². The van der Waals surface area contributed by atoms with Crippen molar-refractivity contribution in [2.24, 2.45) is 0 Å². The molecule has 0 amide bonds. The molecule has 158 valence electrons. The molecule has 0 saturated carbocycles. The minimum Gasteiger partial charge on any atom is -0.143 e. The minimum absolute atomic E-state index is 0.0296. The quantitative estimate of drug-likeness (QED) is 0.214. The highest BCUT2D eigenvalue weighted by Crippen LogP contribution is 2.63. The van der Waals surface area contributed by atoms with Crippen LogP contribution in [0.1, 0.15) is 58.4 Å². The Balaban J connectivity index is 1.54. The number of fused-ring (bicyclic) bond motifs is 12. The van der Waals surface area contributed by atoms with Gasteiger partial charge >= 0.3 is 0 Å². The van der Waals surface area contributed by atoms with E-state index in [1.54, 1.807) is 0 Å². The van der Waals surface area contributed by atoms with Crippen LogP contribution in [0.2, 0.25) is 0 Å². The fourth-order valence-electron chi connectivity index (χ4n) is 6.96. The lowest BCUT2D eigenvalue weighted by Crippen LogP contribution is -2.34. The maximum atomic E-state index is 2.57. The van der Waals surface area contributed by atoms with Crippen molar-refractivity contribution in [3.63, 3.8) is 0 Å². The lowest BCUT2D eigenvalue weighted by atomic mass is 9.61. The predicted octanol–water partition coefficient (Wildman–Crippen LogP) is 8.38. The van der Waals surface area contributed by atoms with E-state index in [0.29, 0.717) is 0 Å². The van der Waals surface area contributed by atoms with E-state index in [4.69, 9.17) is 0 Å². The second kappa shape index (κ2) is 5.94. The third kappa shape index (κ3) is 2.00. The minimum atomic E-state index is -0.203. The molecular formula is C31H22S2. The van der Waals surface area contributed by atoms with Crippen molar-refractivity contribution < 1.29 is 0 Å². The van der Waals surface area contributed by atoms with E-state index >= 15 is 0 Å². The fourth-order valence-corrected chi connectivity index (χ4v) is 9.06. The molecule has 0 unspecified atom stereocenters. The lowest BCUT2D eigenvalue weighted by molar-refractivity contribution is 0.655. The molecule has 0 nitrogen and oxygen atoms in total. The van der Waals surface area contributed by atoms with Crippen LogP contribution >= 0.6 is 22.7 Å². The number of hydrogen-bond donors (Lipinski definition) is 0. The third-order valence-electron chi connectivity index (χ3n) is 8.36. The second-order valence-electron chi connectivity index (χ2n) is 10.1. The summed E-state index contributed by atoms with van der Waals surface area (Å²) in [5.41, 5.74) is 14.5. The first kappa shape index (κ1) is 18.5. The van der Waals surface area contributed by atoms with Crippen LogP contribution in [0.5, 0.6) is 0 Å². The Labute approximate surface area is 202 Å². The zero-order valence-electron chi connectivity index (χ0n) is 18.6. The lowest BCUT2D eigenvalue weighted by Gasteiger charge is -2.40. The Morgan fingerprint density at radius 3 is 2.00 bits per heavy atom. The van der Waals surface area contributed by atoms with Crippen molar-refractivity contribution in [2.45, 2.75) is 31.1 Å². The Kier molecular flexibility index (Phi) is 3.33. The van der Waals surface area contributed by atoms with E-state index in [1.807, 2.05) is 22.7 Å². The summed E-state index contributed by atoms with van der Waals surface area (Å²) in [6, 6.07) is 28.1. The number of benzene rings is 3. The second-order valence-corrected chi connectivity index (χ2v) is 12.0. The van der Waals surface area contributed by atoms with E-state index < -0.39 is 0 Å². The molecule has 0 atom stereocenters. The molecule has 0 fully saturated rings. The van der Waals surface area contributed by atoms with Gasteiger partial charge in [0.1, 0.15) is 0 Å². The molecule has 3 aliphatic rings. The molecule has 3 aromatic carbocycles. The summed E-state index contributed by atoms with van der Waals surface area (Å²) in [6.07, 6.45) is 1.01. The maximum absolute atomic E-state index is 2.57. The number of rotatable bonds is 0. The van der Waals surface area contributed by atoms with Crippen molar-refractivity contribution in [2.75, 3.05) is 0 Å². The summed E-state index contributed by atoms with van der Waals surface area (Å²) in [5, 5.41) is 4.58. The monoisotopic (exact) mass is 458 g/mol. The highest BCUT2D eigenvalue weighted by molar-refractivity contribution is 7.21. The van der Waals surface area contributed by atoms with Crippen LogP contribution < -0.4 is 0 Å². The third-order valence-corrected chi connectivity index (χ3v) is 10.4. The van der Waals surface area contributed by atoms with Crippen molar-refractivity contribution in [1.29, 1.82) is 0 Å². The first-order valence-corrected chi connectivity index (χ1v) is 13.4. The van der Waals surface area contributed by atoms with E-state index in [1.165, 1.54) is 65.4 Å². The average molecular weight is 459 g/mol. The van der Waals surface area contributed by atoms with Crippen molar-refractivity contribution in [1.82, 2.24) is 0 Å². The summed E-state index contributed by atoms with van der Waals surface area (Å²) in [5.74, 6) is 0. The van der Waals surface area contributed by atoms with Crippen LogP contribution in [0.15, 0.2) is 83.6 Å². The zero-order valence-corrected chi connectivity index (χ0v) is 20.2. The van der Waals surface area contributed by atoms with Crippen LogP contribution in [-0.4, -0.2) is 0 Å². The Morgan fingerprint density at radius 2 is 1.24 bits per heavy atom. The molecule has 2 heteroatoms. The van der Waals surface area contributed by atoms with Crippen LogP contribution in [-0.2, 0) is 17.3 Å². The molecule has 2 heterocycles. The van der Waals surface area contributed by atoms with Crippen LogP contribution in [0.3, 0.4) is 0 Å². The molecule has 1 spiro atoms. The normalized spacial score (nSPS) is 17.2. The Hall–Kier alpha value is -2.94. The summed E-state index contributed by atoms with van der Waals surface area (Å²) < 4.78 is 0. The van der Waals surface area contributed by atoms with Gasteiger partial charge in [-0.3, -0.25) is 0 Å². The molecule has 5 aromatic rings. The highest BCUT2D eigenvalue weighted by Gasteiger charge is 2.52. The molecule has 33 heavy (non-hydrogen) atoms. The van der Waals surface area contributed by atoms with Crippen LogP contribution in [0.4, 0.5) is 0 Å². The van der Waals surface area contributed by atoms with Crippen LogP contribution in [0, 0.1) is 0 Å². The summed E-state index contributed by atoms with van der Waals surface area (Å²) in [6.45, 7) is 4.78. The van der Waals surface area contributed by atoms with Crippen molar-refractivity contribution in [3.8, 4) is 20.9 Å². The Bertz CT molecular complexity index is 1580. The topological polar surface area (TPSA) is 0 Å². The van der Waals surface area contributed by atoms with Gasteiger partial charge in [0.2, 0.25) is 0 Å². The maximum Gasteiger partial charge on any atom is 0.0736 e. The van der Waals surface area contributed by atoms with Gasteiger partial charge in [0.15, 0.2) is 0 Å². The fraction of sp³-hybridized carbons (Fsp3) is 0.161. The summed E-state index contributed by atoms with van der Waals surface area (Å²) in [7, 11) is 0. The van der Waals surface area contributed by atoms with Gasteiger partial charge in [0, 0.05) is 15.2 Å². The highest BCUT2D eigenvalue weighted by atomic mass is 32.1. The smallest absolute Gasteiger partial charge is 0.0736 e. The Morgan fingerprint density at radius 1 is 0.576 bits per heavy atom. The van der Waals surface area contributed by atoms with Gasteiger partial charge in [-0.15, -0.1) is 22.7 Å². The molecule has 8 rings (SSSR count). The SMILES string of the molecule is CC1(C)c2ccccc2-c2cc3c(cc21)Cc1ccccc1C31c2ccsc2-c2sccc21. The first-order valence-electron chi connectivity index (χ1n) is 11.6. The summed E-state index contributed by atoms with van der Waals surface area (Å²) in [4.78, 5) is 2.92.